The van der Waals surface area contributed by atoms with Gasteiger partial charge in [0.05, 0.1) is 13.3 Å². The van der Waals surface area contributed by atoms with Gasteiger partial charge in [-0.1, -0.05) is 35.4 Å². The van der Waals surface area contributed by atoms with Crippen LogP contribution in [0, 0.1) is 0 Å². The molecule has 70 valence electrons. The van der Waals surface area contributed by atoms with Crippen molar-refractivity contribution in [3.8, 4) is 17.3 Å². The SMILES string of the molecule is COc1ncc(-c2ccccc2)nn1. The molecule has 2 rings (SSSR count). The fourth-order valence-electron chi connectivity index (χ4n) is 1.10. The van der Waals surface area contributed by atoms with Crippen LogP contribution in [0.1, 0.15) is 0 Å². The van der Waals surface area contributed by atoms with E-state index in [2.05, 4.69) is 15.2 Å². The van der Waals surface area contributed by atoms with Crippen LogP contribution in [-0.4, -0.2) is 22.3 Å². The van der Waals surface area contributed by atoms with E-state index in [1.807, 2.05) is 30.3 Å². The number of aromatic nitrogens is 3. The van der Waals surface area contributed by atoms with Crippen molar-refractivity contribution >= 4 is 0 Å². The molecule has 1 heterocycles. The third-order valence-electron chi connectivity index (χ3n) is 1.79. The molecule has 0 amide bonds. The van der Waals surface area contributed by atoms with Crippen LogP contribution >= 0.6 is 0 Å². The van der Waals surface area contributed by atoms with E-state index in [4.69, 9.17) is 4.74 Å². The van der Waals surface area contributed by atoms with Gasteiger partial charge in [0.15, 0.2) is 0 Å². The van der Waals surface area contributed by atoms with Gasteiger partial charge in [0.2, 0.25) is 0 Å². The molecule has 0 aliphatic heterocycles. The molecule has 0 bridgehead atoms. The maximum absolute atomic E-state index is 4.82. The molecule has 1 aromatic heterocycles. The lowest BCUT2D eigenvalue weighted by molar-refractivity contribution is 0.373. The highest BCUT2D eigenvalue weighted by Crippen LogP contribution is 2.14. The largest absolute Gasteiger partial charge is 0.466 e. The molecule has 0 aliphatic carbocycles. The van der Waals surface area contributed by atoms with Crippen molar-refractivity contribution in [1.82, 2.24) is 15.2 Å². The van der Waals surface area contributed by atoms with Crippen LogP contribution < -0.4 is 4.74 Å². The summed E-state index contributed by atoms with van der Waals surface area (Å²) in [5.74, 6) is 0. The van der Waals surface area contributed by atoms with E-state index in [1.165, 1.54) is 7.11 Å². The molecule has 0 N–H and O–H groups in total. The Morgan fingerprint density at radius 1 is 1.07 bits per heavy atom. The normalized spacial score (nSPS) is 9.79. The lowest BCUT2D eigenvalue weighted by atomic mass is 10.2. The zero-order valence-corrected chi connectivity index (χ0v) is 7.71. The lowest BCUT2D eigenvalue weighted by Crippen LogP contribution is -1.95. The lowest BCUT2D eigenvalue weighted by Gasteiger charge is -1.99. The Kier molecular flexibility index (Phi) is 2.36. The van der Waals surface area contributed by atoms with Gasteiger partial charge in [-0.15, -0.1) is 5.10 Å². The van der Waals surface area contributed by atoms with Crippen LogP contribution in [0.15, 0.2) is 36.5 Å². The summed E-state index contributed by atoms with van der Waals surface area (Å²) in [7, 11) is 1.51. The van der Waals surface area contributed by atoms with E-state index in [0.717, 1.165) is 11.3 Å². The zero-order chi connectivity index (χ0) is 9.80. The Hall–Kier alpha value is -1.97. The van der Waals surface area contributed by atoms with Crippen molar-refractivity contribution in [3.05, 3.63) is 36.5 Å². The molecule has 1 aromatic carbocycles. The third kappa shape index (κ3) is 1.69. The first-order valence-electron chi connectivity index (χ1n) is 4.19. The Morgan fingerprint density at radius 2 is 1.86 bits per heavy atom. The first kappa shape index (κ1) is 8.62. The first-order valence-corrected chi connectivity index (χ1v) is 4.19. The monoisotopic (exact) mass is 187 g/mol. The summed E-state index contributed by atoms with van der Waals surface area (Å²) in [5.41, 5.74) is 1.74. The maximum atomic E-state index is 4.82. The standard InChI is InChI=1S/C10H9N3O/c1-14-10-11-7-9(12-13-10)8-5-3-2-4-6-8/h2-7H,1H3. The minimum Gasteiger partial charge on any atom is -0.466 e. The summed E-state index contributed by atoms with van der Waals surface area (Å²) in [6.07, 6.45) is 1.64. The van der Waals surface area contributed by atoms with Gasteiger partial charge >= 0.3 is 6.01 Å². The molecule has 0 aliphatic rings. The van der Waals surface area contributed by atoms with Crippen LogP contribution in [0.4, 0.5) is 0 Å². The van der Waals surface area contributed by atoms with E-state index in [0.29, 0.717) is 0 Å². The Balaban J connectivity index is 2.34. The predicted octanol–water partition coefficient (Wildman–Crippen LogP) is 1.55. The number of benzene rings is 1. The van der Waals surface area contributed by atoms with Crippen molar-refractivity contribution in [1.29, 1.82) is 0 Å². The van der Waals surface area contributed by atoms with Crippen molar-refractivity contribution in [2.75, 3.05) is 7.11 Å². The Labute approximate surface area is 81.6 Å². The molecular formula is C10H9N3O. The number of hydrogen-bond donors (Lipinski definition) is 0. The molecule has 4 heteroatoms. The Morgan fingerprint density at radius 3 is 2.43 bits per heavy atom. The van der Waals surface area contributed by atoms with Gasteiger partial charge in [-0.05, 0) is 0 Å². The molecule has 14 heavy (non-hydrogen) atoms. The van der Waals surface area contributed by atoms with E-state index in [9.17, 15) is 0 Å². The summed E-state index contributed by atoms with van der Waals surface area (Å²) in [5, 5.41) is 7.77. The third-order valence-corrected chi connectivity index (χ3v) is 1.79. The summed E-state index contributed by atoms with van der Waals surface area (Å²) in [6.45, 7) is 0. The second-order valence-electron chi connectivity index (χ2n) is 2.70. The fourth-order valence-corrected chi connectivity index (χ4v) is 1.10. The van der Waals surface area contributed by atoms with Crippen molar-refractivity contribution in [2.24, 2.45) is 0 Å². The molecule has 0 saturated heterocycles. The molecule has 0 saturated carbocycles. The number of rotatable bonds is 2. The van der Waals surface area contributed by atoms with Gasteiger partial charge < -0.3 is 4.74 Å². The molecule has 0 fully saturated rings. The Bertz CT molecular complexity index is 399. The minimum atomic E-state index is 0.282. The van der Waals surface area contributed by atoms with E-state index in [-0.39, 0.29) is 6.01 Å². The molecule has 0 radical (unpaired) electrons. The highest BCUT2D eigenvalue weighted by atomic mass is 16.5. The van der Waals surface area contributed by atoms with Gasteiger partial charge in [-0.25, -0.2) is 4.98 Å². The van der Waals surface area contributed by atoms with Crippen LogP contribution in [-0.2, 0) is 0 Å². The summed E-state index contributed by atoms with van der Waals surface area (Å²) in [4.78, 5) is 3.98. The quantitative estimate of drug-likeness (QED) is 0.715. The van der Waals surface area contributed by atoms with Crippen LogP contribution in [0.2, 0.25) is 0 Å². The van der Waals surface area contributed by atoms with Gasteiger partial charge in [-0.2, -0.15) is 0 Å². The van der Waals surface area contributed by atoms with Gasteiger partial charge in [0, 0.05) is 5.56 Å². The van der Waals surface area contributed by atoms with Crippen molar-refractivity contribution in [3.63, 3.8) is 0 Å². The van der Waals surface area contributed by atoms with E-state index >= 15 is 0 Å². The molecule has 4 nitrogen and oxygen atoms in total. The summed E-state index contributed by atoms with van der Waals surface area (Å²) >= 11 is 0. The zero-order valence-electron chi connectivity index (χ0n) is 7.71. The van der Waals surface area contributed by atoms with Gasteiger partial charge in [0.25, 0.3) is 0 Å². The molecule has 0 spiro atoms. The van der Waals surface area contributed by atoms with E-state index < -0.39 is 0 Å². The van der Waals surface area contributed by atoms with Gasteiger partial charge in [-0.3, -0.25) is 0 Å². The molecule has 0 unspecified atom stereocenters. The average Bonchev–Trinajstić information content (AvgIpc) is 2.30. The number of ether oxygens (including phenoxy) is 1. The first-order chi connectivity index (χ1) is 6.90. The topological polar surface area (TPSA) is 47.9 Å². The smallest absolute Gasteiger partial charge is 0.335 e. The highest BCUT2D eigenvalue weighted by molar-refractivity contribution is 5.56. The minimum absolute atomic E-state index is 0.282. The van der Waals surface area contributed by atoms with Crippen LogP contribution in [0.25, 0.3) is 11.3 Å². The van der Waals surface area contributed by atoms with Crippen LogP contribution in [0.3, 0.4) is 0 Å². The van der Waals surface area contributed by atoms with Crippen LogP contribution in [0.5, 0.6) is 6.01 Å². The maximum Gasteiger partial charge on any atom is 0.335 e. The second-order valence-corrected chi connectivity index (χ2v) is 2.70. The number of hydrogen-bond acceptors (Lipinski definition) is 4. The van der Waals surface area contributed by atoms with Crippen molar-refractivity contribution < 1.29 is 4.74 Å². The fraction of sp³-hybridized carbons (Fsp3) is 0.100. The second kappa shape index (κ2) is 3.83. The molecular weight excluding hydrogens is 178 g/mol. The average molecular weight is 187 g/mol. The van der Waals surface area contributed by atoms with Gasteiger partial charge in [0.1, 0.15) is 5.69 Å². The molecule has 2 aromatic rings. The summed E-state index contributed by atoms with van der Waals surface area (Å²) < 4.78 is 4.82. The summed E-state index contributed by atoms with van der Waals surface area (Å²) in [6, 6.07) is 10.0. The number of nitrogens with zero attached hydrogens (tertiary/aromatic N) is 3. The highest BCUT2D eigenvalue weighted by Gasteiger charge is 2.00. The molecule has 0 atom stereocenters. The van der Waals surface area contributed by atoms with Crippen molar-refractivity contribution in [2.45, 2.75) is 0 Å². The predicted molar refractivity (Wildman–Crippen MR) is 51.8 cm³/mol. The van der Waals surface area contributed by atoms with E-state index in [1.54, 1.807) is 6.20 Å². The number of methoxy groups -OCH3 is 1.